The molecule has 6 nitrogen and oxygen atoms in total. The van der Waals surface area contributed by atoms with Crippen molar-refractivity contribution in [3.05, 3.63) is 24.9 Å². The van der Waals surface area contributed by atoms with Crippen LogP contribution in [0.5, 0.6) is 6.01 Å². The second-order valence-electron chi connectivity index (χ2n) is 6.08. The summed E-state index contributed by atoms with van der Waals surface area (Å²) in [6.45, 7) is 11.3. The highest BCUT2D eigenvalue weighted by Gasteiger charge is 2.18. The fourth-order valence-electron chi connectivity index (χ4n) is 2.67. The molecule has 0 N–H and O–H groups in total. The quantitative estimate of drug-likeness (QED) is 0.646. The van der Waals surface area contributed by atoms with E-state index in [0.717, 1.165) is 64.5 Å². The van der Waals surface area contributed by atoms with Crippen LogP contribution >= 0.6 is 0 Å². The molecule has 1 fully saturated rings. The minimum Gasteiger partial charge on any atom is -0.459 e. The average Bonchev–Trinajstić information content (AvgIpc) is 2.88. The molecule has 2 heterocycles. The normalized spacial score (nSPS) is 17.1. The van der Waals surface area contributed by atoms with Crippen molar-refractivity contribution in [1.82, 2.24) is 14.9 Å². The fourth-order valence-corrected chi connectivity index (χ4v) is 2.67. The number of rotatable bonds is 9. The summed E-state index contributed by atoms with van der Waals surface area (Å²) >= 11 is 0. The molecule has 0 aliphatic carbocycles. The molecule has 6 heteroatoms. The van der Waals surface area contributed by atoms with Crippen molar-refractivity contribution < 1.29 is 9.47 Å². The van der Waals surface area contributed by atoms with Crippen molar-refractivity contribution in [2.75, 3.05) is 51.3 Å². The Labute approximate surface area is 145 Å². The monoisotopic (exact) mass is 334 g/mol. The van der Waals surface area contributed by atoms with Crippen LogP contribution in [0.15, 0.2) is 24.9 Å². The minimum absolute atomic E-state index is 0.0586. The first-order valence-electron chi connectivity index (χ1n) is 8.84. The number of ether oxygens (including phenoxy) is 2. The topological polar surface area (TPSA) is 50.7 Å². The van der Waals surface area contributed by atoms with E-state index in [4.69, 9.17) is 9.47 Å². The van der Waals surface area contributed by atoms with Gasteiger partial charge in [0.2, 0.25) is 0 Å². The Hall–Kier alpha value is -1.66. The molecular formula is C18H30N4O2. The van der Waals surface area contributed by atoms with E-state index in [-0.39, 0.29) is 6.10 Å². The first kappa shape index (κ1) is 18.7. The summed E-state index contributed by atoms with van der Waals surface area (Å²) in [4.78, 5) is 13.3. The lowest BCUT2D eigenvalue weighted by atomic mass is 10.2. The number of anilines is 1. The first-order valence-corrected chi connectivity index (χ1v) is 8.84. The number of aromatic nitrogens is 2. The maximum atomic E-state index is 6.12. The lowest BCUT2D eigenvalue weighted by Crippen LogP contribution is -2.37. The predicted octanol–water partition coefficient (Wildman–Crippen LogP) is 2.37. The maximum absolute atomic E-state index is 6.12. The zero-order chi connectivity index (χ0) is 17.2. The Morgan fingerprint density at radius 1 is 1.46 bits per heavy atom. The summed E-state index contributed by atoms with van der Waals surface area (Å²) in [6.07, 6.45) is 6.66. The second kappa shape index (κ2) is 10.3. The van der Waals surface area contributed by atoms with Crippen LogP contribution in [-0.2, 0) is 4.74 Å². The van der Waals surface area contributed by atoms with Gasteiger partial charge in [0, 0.05) is 46.0 Å². The summed E-state index contributed by atoms with van der Waals surface area (Å²) in [7, 11) is 2.01. The molecule has 0 amide bonds. The van der Waals surface area contributed by atoms with E-state index in [2.05, 4.69) is 33.3 Å². The van der Waals surface area contributed by atoms with Crippen molar-refractivity contribution in [3.8, 4) is 6.01 Å². The van der Waals surface area contributed by atoms with Gasteiger partial charge >= 0.3 is 6.01 Å². The Bertz CT molecular complexity index is 490. The molecule has 0 radical (unpaired) electrons. The molecule has 1 saturated heterocycles. The van der Waals surface area contributed by atoms with Crippen LogP contribution in [0.1, 0.15) is 26.2 Å². The van der Waals surface area contributed by atoms with E-state index < -0.39 is 0 Å². The Kier molecular flexibility index (Phi) is 7.98. The molecular weight excluding hydrogens is 304 g/mol. The SMILES string of the molecule is C=CCC[C@H](CN1CCCOCC1)Oc1nccc(N(C)CC)n1. The summed E-state index contributed by atoms with van der Waals surface area (Å²) in [6, 6.07) is 2.36. The molecule has 0 aromatic carbocycles. The largest absolute Gasteiger partial charge is 0.459 e. The molecule has 1 aliphatic heterocycles. The van der Waals surface area contributed by atoms with Crippen LogP contribution in [0.3, 0.4) is 0 Å². The predicted molar refractivity (Wildman–Crippen MR) is 96.7 cm³/mol. The van der Waals surface area contributed by atoms with Crippen LogP contribution in [0.25, 0.3) is 0 Å². The lowest BCUT2D eigenvalue weighted by Gasteiger charge is -2.26. The average molecular weight is 334 g/mol. The van der Waals surface area contributed by atoms with Gasteiger partial charge in [0.25, 0.3) is 0 Å². The number of nitrogens with zero attached hydrogens (tertiary/aromatic N) is 4. The van der Waals surface area contributed by atoms with Gasteiger partial charge in [0.05, 0.1) is 6.61 Å². The maximum Gasteiger partial charge on any atom is 0.318 e. The van der Waals surface area contributed by atoms with Crippen molar-refractivity contribution in [1.29, 1.82) is 0 Å². The van der Waals surface area contributed by atoms with Gasteiger partial charge in [-0.05, 0) is 32.3 Å². The molecule has 24 heavy (non-hydrogen) atoms. The molecule has 134 valence electrons. The molecule has 0 spiro atoms. The summed E-state index contributed by atoms with van der Waals surface area (Å²) in [5, 5.41) is 0. The van der Waals surface area contributed by atoms with Gasteiger partial charge in [-0.2, -0.15) is 4.98 Å². The van der Waals surface area contributed by atoms with Gasteiger partial charge in [0.1, 0.15) is 11.9 Å². The third-order valence-corrected chi connectivity index (χ3v) is 4.23. The van der Waals surface area contributed by atoms with Gasteiger partial charge in [-0.15, -0.1) is 6.58 Å². The summed E-state index contributed by atoms with van der Waals surface area (Å²) in [5.74, 6) is 0.883. The molecule has 0 bridgehead atoms. The van der Waals surface area contributed by atoms with Crippen molar-refractivity contribution in [2.24, 2.45) is 0 Å². The smallest absolute Gasteiger partial charge is 0.318 e. The molecule has 0 saturated carbocycles. The van der Waals surface area contributed by atoms with Crippen LogP contribution in [0, 0.1) is 0 Å². The Morgan fingerprint density at radius 3 is 3.12 bits per heavy atom. The van der Waals surface area contributed by atoms with Crippen LogP contribution in [0.4, 0.5) is 5.82 Å². The van der Waals surface area contributed by atoms with Crippen LogP contribution in [-0.4, -0.2) is 67.4 Å². The van der Waals surface area contributed by atoms with E-state index >= 15 is 0 Å². The summed E-state index contributed by atoms with van der Waals surface area (Å²) in [5.41, 5.74) is 0. The molecule has 1 aliphatic rings. The highest BCUT2D eigenvalue weighted by Crippen LogP contribution is 2.15. The minimum atomic E-state index is 0.0586. The molecule has 1 atom stereocenters. The van der Waals surface area contributed by atoms with Gasteiger partial charge in [0.15, 0.2) is 0 Å². The third-order valence-electron chi connectivity index (χ3n) is 4.23. The van der Waals surface area contributed by atoms with E-state index in [0.29, 0.717) is 6.01 Å². The standard InChI is InChI=1S/C18H30N4O2/c1-4-6-8-16(15-22-11-7-13-23-14-12-22)24-18-19-10-9-17(20-18)21(3)5-2/h4,9-10,16H,1,5-8,11-15H2,2-3H3/t16-/m1/s1. The highest BCUT2D eigenvalue weighted by atomic mass is 16.5. The fraction of sp³-hybridized carbons (Fsp3) is 0.667. The van der Waals surface area contributed by atoms with Crippen molar-refractivity contribution >= 4 is 5.82 Å². The van der Waals surface area contributed by atoms with E-state index in [1.165, 1.54) is 0 Å². The molecule has 1 aromatic rings. The van der Waals surface area contributed by atoms with Gasteiger partial charge in [-0.3, -0.25) is 4.90 Å². The van der Waals surface area contributed by atoms with Crippen LogP contribution in [0.2, 0.25) is 0 Å². The van der Waals surface area contributed by atoms with Crippen LogP contribution < -0.4 is 9.64 Å². The molecule has 1 aromatic heterocycles. The molecule has 2 rings (SSSR count). The zero-order valence-corrected chi connectivity index (χ0v) is 15.0. The van der Waals surface area contributed by atoms with E-state index in [1.807, 2.05) is 19.2 Å². The lowest BCUT2D eigenvalue weighted by molar-refractivity contribution is 0.106. The second-order valence-corrected chi connectivity index (χ2v) is 6.08. The number of allylic oxidation sites excluding steroid dienone is 1. The summed E-state index contributed by atoms with van der Waals surface area (Å²) < 4.78 is 11.6. The zero-order valence-electron chi connectivity index (χ0n) is 15.0. The number of hydrogen-bond acceptors (Lipinski definition) is 6. The van der Waals surface area contributed by atoms with E-state index in [9.17, 15) is 0 Å². The van der Waals surface area contributed by atoms with Crippen molar-refractivity contribution in [3.63, 3.8) is 0 Å². The third kappa shape index (κ3) is 6.09. The molecule has 0 unspecified atom stereocenters. The van der Waals surface area contributed by atoms with Gasteiger partial charge in [-0.1, -0.05) is 6.08 Å². The Balaban J connectivity index is 2.00. The highest BCUT2D eigenvalue weighted by molar-refractivity contribution is 5.36. The van der Waals surface area contributed by atoms with Crippen molar-refractivity contribution in [2.45, 2.75) is 32.3 Å². The van der Waals surface area contributed by atoms with Gasteiger partial charge < -0.3 is 14.4 Å². The number of hydrogen-bond donors (Lipinski definition) is 0. The van der Waals surface area contributed by atoms with E-state index in [1.54, 1.807) is 6.20 Å². The first-order chi connectivity index (χ1) is 11.7. The Morgan fingerprint density at radius 2 is 2.33 bits per heavy atom. The van der Waals surface area contributed by atoms with Gasteiger partial charge in [-0.25, -0.2) is 4.98 Å².